The van der Waals surface area contributed by atoms with E-state index in [9.17, 15) is 0 Å². The van der Waals surface area contributed by atoms with E-state index in [1.54, 1.807) is 0 Å². The molecule has 0 atom stereocenters. The molecule has 3 nitrogen and oxygen atoms in total. The number of allylic oxidation sites excluding steroid dienone is 1. The zero-order chi connectivity index (χ0) is 13.2. The maximum Gasteiger partial charge on any atom is 0.129 e. The van der Waals surface area contributed by atoms with Gasteiger partial charge in [0, 0.05) is 6.61 Å². The highest BCUT2D eigenvalue weighted by Crippen LogP contribution is 2.09. The number of ether oxygens (including phenoxy) is 1. The fourth-order valence-electron chi connectivity index (χ4n) is 1.58. The van der Waals surface area contributed by atoms with Crippen LogP contribution in [-0.4, -0.2) is 13.2 Å². The highest BCUT2D eigenvalue weighted by Gasteiger charge is 2.02. The van der Waals surface area contributed by atoms with E-state index in [2.05, 4.69) is 25.7 Å². The molecule has 0 radical (unpaired) electrons. The molecule has 0 aromatic carbocycles. The largest absolute Gasteiger partial charge is 0.462 e. The fraction of sp³-hybridized carbons (Fsp3) is 0.600. The number of nitrogens with one attached hydrogen (secondary N) is 1. The van der Waals surface area contributed by atoms with Crippen molar-refractivity contribution in [3.8, 4) is 0 Å². The molecule has 102 valence electrons. The lowest BCUT2D eigenvalue weighted by Gasteiger charge is -2.05. The van der Waals surface area contributed by atoms with Gasteiger partial charge in [-0.2, -0.15) is 0 Å². The van der Waals surface area contributed by atoms with Crippen molar-refractivity contribution < 1.29 is 9.15 Å². The topological polar surface area (TPSA) is 34.4 Å². The Balaban J connectivity index is 2.15. The molecule has 0 amide bonds. The predicted molar refractivity (Wildman–Crippen MR) is 74.3 cm³/mol. The molecule has 0 bridgehead atoms. The second kappa shape index (κ2) is 8.95. The van der Waals surface area contributed by atoms with E-state index in [4.69, 9.17) is 9.15 Å². The van der Waals surface area contributed by atoms with Crippen LogP contribution in [0.2, 0.25) is 0 Å². The number of rotatable bonds is 10. The summed E-state index contributed by atoms with van der Waals surface area (Å²) in [4.78, 5) is 0. The molecule has 1 rings (SSSR count). The van der Waals surface area contributed by atoms with Crippen LogP contribution >= 0.6 is 0 Å². The van der Waals surface area contributed by atoms with Gasteiger partial charge in [-0.15, -0.1) is 6.58 Å². The van der Waals surface area contributed by atoms with Crippen LogP contribution in [0.5, 0.6) is 0 Å². The highest BCUT2D eigenvalue weighted by atomic mass is 16.5. The lowest BCUT2D eigenvalue weighted by atomic mass is 10.2. The lowest BCUT2D eigenvalue weighted by molar-refractivity contribution is 0.103. The molecule has 1 aromatic heterocycles. The van der Waals surface area contributed by atoms with Crippen molar-refractivity contribution in [2.75, 3.05) is 13.2 Å². The predicted octanol–water partition coefficient (Wildman–Crippen LogP) is 3.51. The van der Waals surface area contributed by atoms with Gasteiger partial charge in [-0.25, -0.2) is 0 Å². The molecule has 0 fully saturated rings. The highest BCUT2D eigenvalue weighted by molar-refractivity contribution is 5.06. The van der Waals surface area contributed by atoms with Gasteiger partial charge in [0.15, 0.2) is 0 Å². The smallest absolute Gasteiger partial charge is 0.129 e. The molecule has 1 aromatic rings. The Kier molecular flexibility index (Phi) is 7.46. The zero-order valence-electron chi connectivity index (χ0n) is 11.6. The maximum absolute atomic E-state index is 5.66. The van der Waals surface area contributed by atoms with E-state index in [-0.39, 0.29) is 0 Å². The van der Waals surface area contributed by atoms with Gasteiger partial charge < -0.3 is 14.5 Å². The Labute approximate surface area is 110 Å². The SMILES string of the molecule is C=CCCCOCc1ccc(CNCC(C)C)o1. The van der Waals surface area contributed by atoms with Crippen molar-refractivity contribution in [3.63, 3.8) is 0 Å². The van der Waals surface area contributed by atoms with Gasteiger partial charge in [0.05, 0.1) is 6.54 Å². The van der Waals surface area contributed by atoms with Gasteiger partial charge in [-0.1, -0.05) is 19.9 Å². The monoisotopic (exact) mass is 251 g/mol. The summed E-state index contributed by atoms with van der Waals surface area (Å²) in [7, 11) is 0. The number of unbranched alkanes of at least 4 members (excludes halogenated alkanes) is 1. The third-order valence-electron chi connectivity index (χ3n) is 2.51. The van der Waals surface area contributed by atoms with E-state index in [0.29, 0.717) is 12.5 Å². The first-order chi connectivity index (χ1) is 8.72. The fourth-order valence-corrected chi connectivity index (χ4v) is 1.58. The minimum atomic E-state index is 0.557. The molecule has 0 aliphatic heterocycles. The molecule has 0 aliphatic carbocycles. The van der Waals surface area contributed by atoms with Crippen LogP contribution in [0.25, 0.3) is 0 Å². The van der Waals surface area contributed by atoms with E-state index >= 15 is 0 Å². The minimum Gasteiger partial charge on any atom is -0.462 e. The van der Waals surface area contributed by atoms with Gasteiger partial charge in [0.2, 0.25) is 0 Å². The maximum atomic E-state index is 5.66. The quantitative estimate of drug-likeness (QED) is 0.510. The summed E-state index contributed by atoms with van der Waals surface area (Å²) in [6.45, 7) is 11.2. The molecular weight excluding hydrogens is 226 g/mol. The standard InChI is InChI=1S/C15H25NO2/c1-4-5-6-9-17-12-15-8-7-14(18-15)11-16-10-13(2)3/h4,7-8,13,16H,1,5-6,9-12H2,2-3H3. The Morgan fingerprint density at radius 3 is 2.89 bits per heavy atom. The van der Waals surface area contributed by atoms with Crippen LogP contribution in [0.3, 0.4) is 0 Å². The first-order valence-electron chi connectivity index (χ1n) is 6.69. The molecule has 0 saturated carbocycles. The third kappa shape index (κ3) is 6.62. The van der Waals surface area contributed by atoms with Crippen molar-refractivity contribution in [1.29, 1.82) is 0 Å². The van der Waals surface area contributed by atoms with Crippen LogP contribution in [0, 0.1) is 5.92 Å². The van der Waals surface area contributed by atoms with Crippen LogP contribution in [0.1, 0.15) is 38.2 Å². The number of furan rings is 1. The normalized spacial score (nSPS) is 11.1. The van der Waals surface area contributed by atoms with E-state index in [0.717, 1.165) is 44.1 Å². The number of hydrogen-bond donors (Lipinski definition) is 1. The second-order valence-corrected chi connectivity index (χ2v) is 4.88. The van der Waals surface area contributed by atoms with Gasteiger partial charge in [0.25, 0.3) is 0 Å². The second-order valence-electron chi connectivity index (χ2n) is 4.88. The average Bonchev–Trinajstić information content (AvgIpc) is 2.76. The summed E-state index contributed by atoms with van der Waals surface area (Å²) < 4.78 is 11.2. The van der Waals surface area contributed by atoms with Gasteiger partial charge in [0.1, 0.15) is 18.1 Å². The lowest BCUT2D eigenvalue weighted by Crippen LogP contribution is -2.18. The molecule has 0 unspecified atom stereocenters. The molecule has 3 heteroatoms. The summed E-state index contributed by atoms with van der Waals surface area (Å²) in [6, 6.07) is 4.00. The Morgan fingerprint density at radius 2 is 2.17 bits per heavy atom. The first-order valence-corrected chi connectivity index (χ1v) is 6.69. The average molecular weight is 251 g/mol. The van der Waals surface area contributed by atoms with Crippen LogP contribution < -0.4 is 5.32 Å². The van der Waals surface area contributed by atoms with Gasteiger partial charge in [-0.3, -0.25) is 0 Å². The van der Waals surface area contributed by atoms with E-state index < -0.39 is 0 Å². The molecule has 0 aliphatic rings. The van der Waals surface area contributed by atoms with Crippen molar-refractivity contribution in [2.24, 2.45) is 5.92 Å². The van der Waals surface area contributed by atoms with Crippen LogP contribution in [-0.2, 0) is 17.9 Å². The molecule has 1 heterocycles. The van der Waals surface area contributed by atoms with Crippen molar-refractivity contribution in [1.82, 2.24) is 5.32 Å². The van der Waals surface area contributed by atoms with Crippen molar-refractivity contribution >= 4 is 0 Å². The summed E-state index contributed by atoms with van der Waals surface area (Å²) >= 11 is 0. The third-order valence-corrected chi connectivity index (χ3v) is 2.51. The Morgan fingerprint density at radius 1 is 1.39 bits per heavy atom. The summed E-state index contributed by atoms with van der Waals surface area (Å²) in [5.41, 5.74) is 0. The zero-order valence-corrected chi connectivity index (χ0v) is 11.6. The van der Waals surface area contributed by atoms with Gasteiger partial charge >= 0.3 is 0 Å². The summed E-state index contributed by atoms with van der Waals surface area (Å²) in [6.07, 6.45) is 3.93. The molecular formula is C15H25NO2. The van der Waals surface area contributed by atoms with Crippen LogP contribution in [0.4, 0.5) is 0 Å². The molecule has 0 spiro atoms. The first kappa shape index (κ1) is 15.0. The Bertz CT molecular complexity index is 331. The summed E-state index contributed by atoms with van der Waals surface area (Å²) in [5.74, 6) is 2.53. The van der Waals surface area contributed by atoms with E-state index in [1.807, 2.05) is 18.2 Å². The minimum absolute atomic E-state index is 0.557. The van der Waals surface area contributed by atoms with Crippen LogP contribution in [0.15, 0.2) is 29.2 Å². The summed E-state index contributed by atoms with van der Waals surface area (Å²) in [5, 5.41) is 3.35. The van der Waals surface area contributed by atoms with E-state index in [1.165, 1.54) is 0 Å². The Hall–Kier alpha value is -1.06. The molecule has 1 N–H and O–H groups in total. The number of hydrogen-bond acceptors (Lipinski definition) is 3. The molecule has 0 saturated heterocycles. The van der Waals surface area contributed by atoms with Crippen molar-refractivity contribution in [2.45, 2.75) is 39.8 Å². The van der Waals surface area contributed by atoms with Gasteiger partial charge in [-0.05, 0) is 37.4 Å². The molecule has 18 heavy (non-hydrogen) atoms. The van der Waals surface area contributed by atoms with Crippen molar-refractivity contribution in [3.05, 3.63) is 36.3 Å².